The van der Waals surface area contributed by atoms with E-state index in [4.69, 9.17) is 5.73 Å². The van der Waals surface area contributed by atoms with Crippen molar-refractivity contribution in [2.45, 2.75) is 32.2 Å². The molecule has 2 aromatic rings. The lowest BCUT2D eigenvalue weighted by atomic mass is 10.0. The zero-order valence-electron chi connectivity index (χ0n) is 13.4. The summed E-state index contributed by atoms with van der Waals surface area (Å²) in [5.41, 5.74) is 10.5. The number of fused-ring (bicyclic) bond motifs is 1. The number of hydrogen-bond donors (Lipinski definition) is 2. The van der Waals surface area contributed by atoms with Crippen LogP contribution in [0.3, 0.4) is 0 Å². The van der Waals surface area contributed by atoms with E-state index in [0.29, 0.717) is 11.9 Å². The fourth-order valence-corrected chi connectivity index (χ4v) is 3.66. The number of nitrogen functional groups attached to an aromatic ring is 1. The molecule has 1 aliphatic carbocycles. The molecule has 1 saturated carbocycles. The molecule has 4 heteroatoms. The first-order chi connectivity index (χ1) is 11.2. The number of aliphatic imine (C=N–C) groups is 1. The van der Waals surface area contributed by atoms with Gasteiger partial charge in [-0.25, -0.2) is 4.98 Å². The third-order valence-corrected chi connectivity index (χ3v) is 4.90. The number of pyridine rings is 1. The van der Waals surface area contributed by atoms with Crippen LogP contribution in [0.4, 0.5) is 11.5 Å². The first-order valence-electron chi connectivity index (χ1n) is 8.35. The molecule has 23 heavy (non-hydrogen) atoms. The summed E-state index contributed by atoms with van der Waals surface area (Å²) in [6.45, 7) is 3.07. The van der Waals surface area contributed by atoms with Crippen LogP contribution < -0.4 is 11.1 Å². The van der Waals surface area contributed by atoms with Gasteiger partial charge in [0.05, 0.1) is 12.1 Å². The Kier molecular flexibility index (Phi) is 3.52. The fraction of sp³-hybridized carbons (Fsp3) is 0.368. The van der Waals surface area contributed by atoms with Gasteiger partial charge < -0.3 is 11.1 Å². The largest absolute Gasteiger partial charge is 0.384 e. The van der Waals surface area contributed by atoms with E-state index in [0.717, 1.165) is 29.1 Å². The molecule has 0 radical (unpaired) electrons. The zero-order valence-corrected chi connectivity index (χ0v) is 13.4. The van der Waals surface area contributed by atoms with E-state index in [2.05, 4.69) is 46.5 Å². The topological polar surface area (TPSA) is 63.3 Å². The normalized spacial score (nSPS) is 23.4. The lowest BCUT2D eigenvalue weighted by molar-refractivity contribution is 0.603. The van der Waals surface area contributed by atoms with Gasteiger partial charge in [0.15, 0.2) is 0 Å². The Morgan fingerprint density at radius 2 is 2.13 bits per heavy atom. The van der Waals surface area contributed by atoms with Crippen LogP contribution in [0.1, 0.15) is 31.7 Å². The summed E-state index contributed by atoms with van der Waals surface area (Å²) in [6.07, 6.45) is 7.68. The minimum atomic E-state index is 0.542. The Morgan fingerprint density at radius 3 is 2.87 bits per heavy atom. The SMILES string of the molecule is C[C@H]1CC[C@H](Nc2cc(N)nc3cc(C4=CC=NC4)ccc23)C1. The number of benzene rings is 1. The van der Waals surface area contributed by atoms with Crippen molar-refractivity contribution in [1.82, 2.24) is 4.98 Å². The first kappa shape index (κ1) is 14.2. The monoisotopic (exact) mass is 306 g/mol. The quantitative estimate of drug-likeness (QED) is 0.904. The predicted octanol–water partition coefficient (Wildman–Crippen LogP) is 3.89. The molecule has 2 heterocycles. The van der Waals surface area contributed by atoms with Crippen molar-refractivity contribution < 1.29 is 0 Å². The molecule has 0 unspecified atom stereocenters. The van der Waals surface area contributed by atoms with Crippen molar-refractivity contribution in [1.29, 1.82) is 0 Å². The number of aromatic nitrogens is 1. The molecule has 3 N–H and O–H groups in total. The number of nitrogens with one attached hydrogen (secondary N) is 1. The predicted molar refractivity (Wildman–Crippen MR) is 97.9 cm³/mol. The molecule has 4 nitrogen and oxygen atoms in total. The van der Waals surface area contributed by atoms with Gasteiger partial charge in [-0.2, -0.15) is 0 Å². The minimum Gasteiger partial charge on any atom is -0.384 e. The molecule has 0 saturated heterocycles. The molecule has 1 aromatic carbocycles. The van der Waals surface area contributed by atoms with Crippen molar-refractivity contribution in [3.63, 3.8) is 0 Å². The van der Waals surface area contributed by atoms with Crippen molar-refractivity contribution in [2.24, 2.45) is 10.9 Å². The van der Waals surface area contributed by atoms with Gasteiger partial charge in [-0.1, -0.05) is 19.1 Å². The summed E-state index contributed by atoms with van der Waals surface area (Å²) in [5, 5.41) is 4.83. The van der Waals surface area contributed by atoms with Crippen LogP contribution in [0.5, 0.6) is 0 Å². The molecular weight excluding hydrogens is 284 g/mol. The number of hydrogen-bond acceptors (Lipinski definition) is 4. The van der Waals surface area contributed by atoms with Gasteiger partial charge in [0, 0.05) is 29.4 Å². The number of allylic oxidation sites excluding steroid dienone is 1. The van der Waals surface area contributed by atoms with E-state index in [-0.39, 0.29) is 0 Å². The molecule has 1 fully saturated rings. The summed E-state index contributed by atoms with van der Waals surface area (Å²) >= 11 is 0. The molecular formula is C19H22N4. The minimum absolute atomic E-state index is 0.542. The lowest BCUT2D eigenvalue weighted by Gasteiger charge is -2.17. The molecule has 4 rings (SSSR count). The average Bonchev–Trinajstić information content (AvgIpc) is 3.18. The van der Waals surface area contributed by atoms with Gasteiger partial charge in [0.25, 0.3) is 0 Å². The van der Waals surface area contributed by atoms with Crippen LogP contribution in [0.2, 0.25) is 0 Å². The van der Waals surface area contributed by atoms with Gasteiger partial charge in [-0.3, -0.25) is 4.99 Å². The molecule has 118 valence electrons. The highest BCUT2D eigenvalue weighted by Crippen LogP contribution is 2.32. The van der Waals surface area contributed by atoms with Crippen LogP contribution in [-0.4, -0.2) is 23.8 Å². The second kappa shape index (κ2) is 5.69. The van der Waals surface area contributed by atoms with Crippen molar-refractivity contribution in [3.8, 4) is 0 Å². The standard InChI is InChI=1S/C19H22N4/c1-12-2-4-15(8-12)22-18-10-19(20)23-17-9-13(3-5-16(17)18)14-6-7-21-11-14/h3,5-7,9-10,12,15H,2,4,8,11H2,1H3,(H3,20,22,23)/t12-,15-/m0/s1. The maximum Gasteiger partial charge on any atom is 0.126 e. The van der Waals surface area contributed by atoms with E-state index >= 15 is 0 Å². The van der Waals surface area contributed by atoms with E-state index in [1.54, 1.807) is 0 Å². The Hall–Kier alpha value is -2.36. The molecule has 1 aliphatic heterocycles. The van der Waals surface area contributed by atoms with E-state index in [1.165, 1.54) is 30.4 Å². The van der Waals surface area contributed by atoms with E-state index in [9.17, 15) is 0 Å². The van der Waals surface area contributed by atoms with Crippen LogP contribution in [0.25, 0.3) is 16.5 Å². The number of anilines is 2. The summed E-state index contributed by atoms with van der Waals surface area (Å²) in [6, 6.07) is 8.93. The third kappa shape index (κ3) is 2.81. The summed E-state index contributed by atoms with van der Waals surface area (Å²) in [4.78, 5) is 8.78. The number of nitrogens with zero attached hydrogens (tertiary/aromatic N) is 2. The highest BCUT2D eigenvalue weighted by atomic mass is 14.9. The van der Waals surface area contributed by atoms with Crippen LogP contribution in [0.15, 0.2) is 35.3 Å². The third-order valence-electron chi connectivity index (χ3n) is 4.90. The van der Waals surface area contributed by atoms with Crippen LogP contribution in [-0.2, 0) is 0 Å². The maximum absolute atomic E-state index is 6.04. The van der Waals surface area contributed by atoms with Gasteiger partial charge in [0.1, 0.15) is 5.82 Å². The molecule has 0 bridgehead atoms. The molecule has 0 amide bonds. The van der Waals surface area contributed by atoms with E-state index in [1.807, 2.05) is 12.3 Å². The van der Waals surface area contributed by atoms with E-state index < -0.39 is 0 Å². The molecule has 1 aromatic heterocycles. The maximum atomic E-state index is 6.04. The van der Waals surface area contributed by atoms with Crippen molar-refractivity contribution in [3.05, 3.63) is 35.9 Å². The molecule has 2 aliphatic rings. The van der Waals surface area contributed by atoms with Gasteiger partial charge >= 0.3 is 0 Å². The second-order valence-electron chi connectivity index (χ2n) is 6.77. The lowest BCUT2D eigenvalue weighted by Crippen LogP contribution is -2.16. The summed E-state index contributed by atoms with van der Waals surface area (Å²) in [5.74, 6) is 1.37. The summed E-state index contributed by atoms with van der Waals surface area (Å²) < 4.78 is 0. The summed E-state index contributed by atoms with van der Waals surface area (Å²) in [7, 11) is 0. The molecule has 2 atom stereocenters. The Balaban J connectivity index is 1.70. The van der Waals surface area contributed by atoms with Crippen molar-refractivity contribution in [2.75, 3.05) is 17.6 Å². The van der Waals surface area contributed by atoms with Crippen molar-refractivity contribution >= 4 is 34.2 Å². The Bertz CT molecular complexity index is 806. The van der Waals surface area contributed by atoms with Gasteiger partial charge in [-0.15, -0.1) is 0 Å². The Morgan fingerprint density at radius 1 is 1.22 bits per heavy atom. The van der Waals surface area contributed by atoms with Crippen LogP contribution in [0, 0.1) is 5.92 Å². The first-order valence-corrected chi connectivity index (χ1v) is 8.35. The average molecular weight is 306 g/mol. The smallest absolute Gasteiger partial charge is 0.126 e. The zero-order chi connectivity index (χ0) is 15.8. The Labute approximate surface area is 136 Å². The highest BCUT2D eigenvalue weighted by molar-refractivity contribution is 5.97. The number of nitrogens with two attached hydrogens (primary N) is 1. The second-order valence-corrected chi connectivity index (χ2v) is 6.77. The van der Waals surface area contributed by atoms with Crippen LogP contribution >= 0.6 is 0 Å². The van der Waals surface area contributed by atoms with Gasteiger partial charge in [-0.05, 0) is 48.5 Å². The molecule has 0 spiro atoms. The number of rotatable bonds is 3. The van der Waals surface area contributed by atoms with Gasteiger partial charge in [0.2, 0.25) is 0 Å². The highest BCUT2D eigenvalue weighted by Gasteiger charge is 2.21. The fourth-order valence-electron chi connectivity index (χ4n) is 3.66.